The van der Waals surface area contributed by atoms with Gasteiger partial charge in [0.1, 0.15) is 16.3 Å². The van der Waals surface area contributed by atoms with Crippen LogP contribution in [0.25, 0.3) is 0 Å². The number of hydrogen-bond acceptors (Lipinski definition) is 7. The molecule has 10 heteroatoms. The lowest BCUT2D eigenvalue weighted by atomic mass is 10.1. The summed E-state index contributed by atoms with van der Waals surface area (Å²) in [6, 6.07) is 0. The van der Waals surface area contributed by atoms with E-state index in [2.05, 4.69) is 10.3 Å². The lowest BCUT2D eigenvalue weighted by Crippen LogP contribution is -2.38. The van der Waals surface area contributed by atoms with Crippen molar-refractivity contribution >= 4 is 15.9 Å². The van der Waals surface area contributed by atoms with Gasteiger partial charge in [-0.05, 0) is 34.1 Å². The Balaban J connectivity index is 1.71. The van der Waals surface area contributed by atoms with Crippen molar-refractivity contribution in [2.24, 2.45) is 0 Å². The first kappa shape index (κ1) is 19.6. The average molecular weight is 396 g/mol. The van der Waals surface area contributed by atoms with Crippen molar-refractivity contribution < 1.29 is 22.3 Å². The predicted molar refractivity (Wildman–Crippen MR) is 95.6 cm³/mol. The summed E-state index contributed by atoms with van der Waals surface area (Å²) in [4.78, 5) is 14.5. The van der Waals surface area contributed by atoms with E-state index in [0.717, 1.165) is 5.56 Å². The van der Waals surface area contributed by atoms with E-state index in [1.165, 1.54) is 4.31 Å². The molecule has 3 rings (SSSR count). The first-order valence-electron chi connectivity index (χ1n) is 8.84. The van der Waals surface area contributed by atoms with Gasteiger partial charge in [0, 0.05) is 31.7 Å². The zero-order valence-electron chi connectivity index (χ0n) is 16.0. The van der Waals surface area contributed by atoms with Crippen LogP contribution in [0.15, 0.2) is 13.9 Å². The van der Waals surface area contributed by atoms with Crippen molar-refractivity contribution in [1.29, 1.82) is 0 Å². The predicted octanol–water partition coefficient (Wildman–Crippen LogP) is 1.36. The minimum absolute atomic E-state index is 0.0546. The van der Waals surface area contributed by atoms with E-state index in [4.69, 9.17) is 9.05 Å². The molecule has 1 saturated heterocycles. The van der Waals surface area contributed by atoms with Gasteiger partial charge in [0.25, 0.3) is 0 Å². The van der Waals surface area contributed by atoms with Crippen LogP contribution in [-0.4, -0.2) is 60.0 Å². The van der Waals surface area contributed by atoms with Crippen LogP contribution in [-0.2, 0) is 21.2 Å². The summed E-state index contributed by atoms with van der Waals surface area (Å²) in [5, 5.41) is 7.62. The maximum atomic E-state index is 13.0. The van der Waals surface area contributed by atoms with Gasteiger partial charge >= 0.3 is 0 Å². The van der Waals surface area contributed by atoms with Gasteiger partial charge in [0.05, 0.1) is 12.1 Å². The molecule has 0 aliphatic carbocycles. The maximum absolute atomic E-state index is 13.0. The summed E-state index contributed by atoms with van der Waals surface area (Å²) in [5.41, 5.74) is 1.85. The normalized spacial score (nSPS) is 16.5. The van der Waals surface area contributed by atoms with Crippen molar-refractivity contribution in [3.8, 4) is 0 Å². The van der Waals surface area contributed by atoms with Crippen molar-refractivity contribution in [2.45, 2.75) is 45.4 Å². The number of carbonyl (C=O) groups is 1. The molecule has 1 fully saturated rings. The highest BCUT2D eigenvalue weighted by atomic mass is 32.2. The second kappa shape index (κ2) is 7.43. The van der Waals surface area contributed by atoms with E-state index in [1.54, 1.807) is 32.6 Å². The lowest BCUT2D eigenvalue weighted by molar-refractivity contribution is -0.130. The Morgan fingerprint density at radius 1 is 0.963 bits per heavy atom. The molecule has 2 aromatic rings. The second-order valence-corrected chi connectivity index (χ2v) is 8.65. The molecule has 9 nitrogen and oxygen atoms in total. The van der Waals surface area contributed by atoms with Crippen molar-refractivity contribution in [2.75, 3.05) is 26.2 Å². The highest BCUT2D eigenvalue weighted by molar-refractivity contribution is 7.89. The van der Waals surface area contributed by atoms with Gasteiger partial charge in [-0.1, -0.05) is 10.3 Å². The van der Waals surface area contributed by atoms with E-state index in [0.29, 0.717) is 43.2 Å². The second-order valence-electron chi connectivity index (χ2n) is 6.77. The third-order valence-corrected chi connectivity index (χ3v) is 7.03. The number of carbonyl (C=O) groups excluding carboxylic acids is 1. The fraction of sp³-hybridized carbons (Fsp3) is 0.588. The van der Waals surface area contributed by atoms with Crippen molar-refractivity contribution in [3.63, 3.8) is 0 Å². The number of aromatic nitrogens is 2. The molecule has 27 heavy (non-hydrogen) atoms. The van der Waals surface area contributed by atoms with Gasteiger partial charge in [0.2, 0.25) is 15.9 Å². The van der Waals surface area contributed by atoms with Crippen LogP contribution in [0.2, 0.25) is 0 Å². The minimum atomic E-state index is -3.70. The van der Waals surface area contributed by atoms with Gasteiger partial charge in [-0.2, -0.15) is 4.31 Å². The van der Waals surface area contributed by atoms with Crippen molar-refractivity contribution in [1.82, 2.24) is 19.5 Å². The Bertz CT molecular complexity index is 908. The molecule has 148 valence electrons. The zero-order valence-corrected chi connectivity index (χ0v) is 16.8. The first-order valence-corrected chi connectivity index (χ1v) is 10.3. The standard InChI is InChI=1S/C17H24N4O5S/c1-11-15(13(3)25-18-11)10-16(22)20-6-5-7-21(9-8-20)27(23,24)17-12(2)19-26-14(17)4/h5-10H2,1-4H3. The van der Waals surface area contributed by atoms with Crippen LogP contribution in [0.1, 0.15) is 34.9 Å². The summed E-state index contributed by atoms with van der Waals surface area (Å²) in [6.45, 7) is 8.22. The molecular weight excluding hydrogens is 372 g/mol. The summed E-state index contributed by atoms with van der Waals surface area (Å²) < 4.78 is 37.5. The topological polar surface area (TPSA) is 110 Å². The molecule has 1 aliphatic rings. The molecule has 2 aromatic heterocycles. The van der Waals surface area contributed by atoms with Gasteiger partial charge < -0.3 is 13.9 Å². The molecule has 0 saturated carbocycles. The van der Waals surface area contributed by atoms with Crippen molar-refractivity contribution in [3.05, 3.63) is 28.5 Å². The number of nitrogens with zero attached hydrogens (tertiary/aromatic N) is 4. The van der Waals surface area contributed by atoms with Crippen LogP contribution in [0, 0.1) is 27.7 Å². The van der Waals surface area contributed by atoms with Gasteiger partial charge in [-0.15, -0.1) is 0 Å². The minimum Gasteiger partial charge on any atom is -0.361 e. The summed E-state index contributed by atoms with van der Waals surface area (Å²) in [7, 11) is -3.70. The fourth-order valence-electron chi connectivity index (χ4n) is 3.37. The largest absolute Gasteiger partial charge is 0.361 e. The zero-order chi connectivity index (χ0) is 19.8. The summed E-state index contributed by atoms with van der Waals surface area (Å²) >= 11 is 0. The van der Waals surface area contributed by atoms with Crippen LogP contribution < -0.4 is 0 Å². The van der Waals surface area contributed by atoms with Crippen LogP contribution >= 0.6 is 0 Å². The number of rotatable bonds is 4. The molecule has 0 bridgehead atoms. The average Bonchev–Trinajstić information content (AvgIpc) is 2.99. The van der Waals surface area contributed by atoms with Crippen LogP contribution in [0.4, 0.5) is 0 Å². The number of aryl methyl sites for hydroxylation is 4. The van der Waals surface area contributed by atoms with E-state index >= 15 is 0 Å². The first-order chi connectivity index (χ1) is 12.7. The van der Waals surface area contributed by atoms with E-state index < -0.39 is 10.0 Å². The van der Waals surface area contributed by atoms with E-state index in [-0.39, 0.29) is 29.5 Å². The molecule has 3 heterocycles. The quantitative estimate of drug-likeness (QED) is 0.767. The summed E-state index contributed by atoms with van der Waals surface area (Å²) in [5.74, 6) is 0.863. The smallest absolute Gasteiger partial charge is 0.248 e. The number of sulfonamides is 1. The Labute approximate surface area is 158 Å². The van der Waals surface area contributed by atoms with E-state index in [9.17, 15) is 13.2 Å². The molecule has 0 atom stereocenters. The van der Waals surface area contributed by atoms with Crippen LogP contribution in [0.5, 0.6) is 0 Å². The molecule has 0 radical (unpaired) electrons. The van der Waals surface area contributed by atoms with Gasteiger partial charge in [-0.3, -0.25) is 4.79 Å². The maximum Gasteiger partial charge on any atom is 0.248 e. The molecule has 0 N–H and O–H groups in total. The Morgan fingerprint density at radius 3 is 2.22 bits per heavy atom. The monoisotopic (exact) mass is 396 g/mol. The SMILES string of the molecule is Cc1noc(C)c1CC(=O)N1CCCN(S(=O)(=O)c2c(C)noc2C)CC1. The molecule has 1 amide bonds. The van der Waals surface area contributed by atoms with E-state index in [1.807, 2.05) is 0 Å². The fourth-order valence-corrected chi connectivity index (χ4v) is 5.13. The molecule has 0 aromatic carbocycles. The Morgan fingerprint density at radius 2 is 1.63 bits per heavy atom. The number of hydrogen-bond donors (Lipinski definition) is 0. The lowest BCUT2D eigenvalue weighted by Gasteiger charge is -2.22. The molecular formula is C17H24N4O5S. The third-order valence-electron chi connectivity index (χ3n) is 4.88. The Hall–Kier alpha value is -2.20. The number of amides is 1. The third kappa shape index (κ3) is 3.77. The van der Waals surface area contributed by atoms with Crippen LogP contribution in [0.3, 0.4) is 0 Å². The highest BCUT2D eigenvalue weighted by Crippen LogP contribution is 2.24. The summed E-state index contributed by atoms with van der Waals surface area (Å²) in [6.07, 6.45) is 0.772. The molecule has 0 spiro atoms. The molecule has 0 unspecified atom stereocenters. The van der Waals surface area contributed by atoms with Gasteiger partial charge in [-0.25, -0.2) is 8.42 Å². The van der Waals surface area contributed by atoms with Gasteiger partial charge in [0.15, 0.2) is 5.76 Å². The molecule has 1 aliphatic heterocycles. The Kier molecular flexibility index (Phi) is 5.38. The highest BCUT2D eigenvalue weighted by Gasteiger charge is 2.33.